The number of aromatic nitrogens is 3. The average molecular weight is 410 g/mol. The molecule has 1 aliphatic heterocycles. The lowest BCUT2D eigenvalue weighted by molar-refractivity contribution is -0.167. The van der Waals surface area contributed by atoms with Crippen LogP contribution >= 0.6 is 0 Å². The molecular formula is C21H13F3N4O2. The molecule has 0 saturated carbocycles. The van der Waals surface area contributed by atoms with Crippen molar-refractivity contribution in [2.45, 2.75) is 6.18 Å². The zero-order chi connectivity index (χ0) is 21.3. The van der Waals surface area contributed by atoms with Gasteiger partial charge in [-0.25, -0.2) is 9.67 Å². The number of rotatable bonds is 3. The highest BCUT2D eigenvalue weighted by Gasteiger charge is 2.39. The number of carbonyl (C=O) groups excluding carboxylic acids is 1. The van der Waals surface area contributed by atoms with Crippen LogP contribution in [0.4, 0.5) is 18.9 Å². The predicted octanol–water partition coefficient (Wildman–Crippen LogP) is 3.90. The zero-order valence-electron chi connectivity index (χ0n) is 15.2. The smallest absolute Gasteiger partial charge is 0.315 e. The molecule has 2 aromatic carbocycles. The van der Waals surface area contributed by atoms with E-state index in [-0.39, 0.29) is 11.4 Å². The first-order valence-corrected chi connectivity index (χ1v) is 8.77. The van der Waals surface area contributed by atoms with Crippen LogP contribution in [-0.4, -0.2) is 26.8 Å². The first-order chi connectivity index (χ1) is 14.3. The Bertz CT molecular complexity index is 1240. The SMILES string of the molecule is O=C(Nc1cc2nc(-c3ccccc3)nn(-c3ccccc3)c-2cc1=O)C(F)(F)F. The fourth-order valence-electron chi connectivity index (χ4n) is 2.87. The molecule has 150 valence electrons. The second-order valence-electron chi connectivity index (χ2n) is 6.34. The minimum atomic E-state index is -5.12. The van der Waals surface area contributed by atoms with Crippen LogP contribution in [-0.2, 0) is 4.79 Å². The van der Waals surface area contributed by atoms with Crippen LogP contribution in [0, 0.1) is 0 Å². The van der Waals surface area contributed by atoms with Crippen molar-refractivity contribution in [3.05, 3.63) is 83.0 Å². The van der Waals surface area contributed by atoms with Gasteiger partial charge in [-0.15, -0.1) is 5.10 Å². The molecule has 0 atom stereocenters. The number of hydrogen-bond acceptors (Lipinski definition) is 4. The summed E-state index contributed by atoms with van der Waals surface area (Å²) in [6.45, 7) is 0. The van der Waals surface area contributed by atoms with Crippen LogP contribution in [0.1, 0.15) is 0 Å². The van der Waals surface area contributed by atoms with Gasteiger partial charge in [0.2, 0.25) is 5.43 Å². The van der Waals surface area contributed by atoms with E-state index in [4.69, 9.17) is 0 Å². The van der Waals surface area contributed by atoms with Crippen molar-refractivity contribution >= 4 is 11.6 Å². The molecule has 0 fully saturated rings. The number of alkyl halides is 3. The Morgan fingerprint density at radius 1 is 0.933 bits per heavy atom. The van der Waals surface area contributed by atoms with E-state index in [0.29, 0.717) is 17.1 Å². The topological polar surface area (TPSA) is 76.9 Å². The molecule has 1 heterocycles. The minimum Gasteiger partial charge on any atom is -0.315 e. The third kappa shape index (κ3) is 3.77. The molecule has 2 aliphatic rings. The van der Waals surface area contributed by atoms with E-state index in [2.05, 4.69) is 10.1 Å². The lowest BCUT2D eigenvalue weighted by Crippen LogP contribution is -2.32. The van der Waals surface area contributed by atoms with Gasteiger partial charge in [0, 0.05) is 11.6 Å². The third-order valence-corrected chi connectivity index (χ3v) is 4.26. The summed E-state index contributed by atoms with van der Waals surface area (Å²) in [6.07, 6.45) is -5.12. The van der Waals surface area contributed by atoms with E-state index >= 15 is 0 Å². The highest BCUT2D eigenvalue weighted by molar-refractivity contribution is 5.95. The van der Waals surface area contributed by atoms with E-state index in [0.717, 1.165) is 12.1 Å². The molecule has 6 nitrogen and oxygen atoms in total. The van der Waals surface area contributed by atoms with Crippen LogP contribution in [0.5, 0.6) is 0 Å². The molecule has 30 heavy (non-hydrogen) atoms. The normalized spacial score (nSPS) is 11.4. The molecule has 1 amide bonds. The first kappa shape index (κ1) is 19.3. The van der Waals surface area contributed by atoms with E-state index in [1.807, 2.05) is 12.1 Å². The van der Waals surface area contributed by atoms with Gasteiger partial charge in [-0.2, -0.15) is 13.2 Å². The highest BCUT2D eigenvalue weighted by atomic mass is 19.4. The summed E-state index contributed by atoms with van der Waals surface area (Å²) in [4.78, 5) is 28.1. The van der Waals surface area contributed by atoms with Crippen molar-refractivity contribution in [2.24, 2.45) is 0 Å². The van der Waals surface area contributed by atoms with Crippen LogP contribution in [0.3, 0.4) is 0 Å². The number of hydrogen-bond donors (Lipinski definition) is 1. The van der Waals surface area contributed by atoms with Gasteiger partial charge in [0.25, 0.3) is 0 Å². The van der Waals surface area contributed by atoms with Crippen molar-refractivity contribution in [3.63, 3.8) is 0 Å². The number of benzene rings is 3. The molecule has 4 rings (SSSR count). The van der Waals surface area contributed by atoms with Crippen LogP contribution in [0.2, 0.25) is 0 Å². The van der Waals surface area contributed by atoms with Gasteiger partial charge < -0.3 is 5.32 Å². The van der Waals surface area contributed by atoms with E-state index in [1.54, 1.807) is 53.8 Å². The Morgan fingerprint density at radius 3 is 2.20 bits per heavy atom. The Morgan fingerprint density at radius 2 is 1.57 bits per heavy atom. The molecule has 1 aliphatic carbocycles. The maximum Gasteiger partial charge on any atom is 0.471 e. The van der Waals surface area contributed by atoms with Crippen molar-refractivity contribution in [2.75, 3.05) is 5.32 Å². The first-order valence-electron chi connectivity index (χ1n) is 8.77. The maximum atomic E-state index is 12.6. The lowest BCUT2D eigenvalue weighted by Gasteiger charge is -2.17. The molecular weight excluding hydrogens is 397 g/mol. The second kappa shape index (κ2) is 7.43. The van der Waals surface area contributed by atoms with E-state index in [1.165, 1.54) is 4.68 Å². The molecule has 9 heteroatoms. The van der Waals surface area contributed by atoms with Crippen LogP contribution in [0.15, 0.2) is 77.6 Å². The quantitative estimate of drug-likeness (QED) is 0.556. The van der Waals surface area contributed by atoms with Crippen LogP contribution < -0.4 is 10.7 Å². The number of halogens is 3. The van der Waals surface area contributed by atoms with Gasteiger partial charge >= 0.3 is 12.1 Å². The summed E-state index contributed by atoms with van der Waals surface area (Å²) >= 11 is 0. The third-order valence-electron chi connectivity index (χ3n) is 4.26. The standard InChI is InChI=1S/C21H13F3N4O2/c22-21(23,24)20(30)26-16-11-15-17(12-18(16)29)28(14-9-5-2-6-10-14)27-19(25-15)13-7-3-1-4-8-13/h1-12H,(H,26,30). The lowest BCUT2D eigenvalue weighted by atomic mass is 10.1. The second-order valence-corrected chi connectivity index (χ2v) is 6.34. The van der Waals surface area contributed by atoms with Gasteiger partial charge in [-0.05, 0) is 18.2 Å². The molecule has 0 spiro atoms. The van der Waals surface area contributed by atoms with Crippen molar-refractivity contribution in [3.8, 4) is 28.5 Å². The van der Waals surface area contributed by atoms with E-state index < -0.39 is 23.2 Å². The molecule has 0 unspecified atom stereocenters. The Labute approximate surface area is 168 Å². The Kier molecular flexibility index (Phi) is 4.78. The maximum absolute atomic E-state index is 12.6. The van der Waals surface area contributed by atoms with Gasteiger partial charge in [0.1, 0.15) is 0 Å². The fraction of sp³-hybridized carbons (Fsp3) is 0.0476. The number of nitrogens with one attached hydrogen (secondary N) is 1. The number of amides is 1. The summed E-state index contributed by atoms with van der Waals surface area (Å²) < 4.78 is 39.3. The predicted molar refractivity (Wildman–Crippen MR) is 104 cm³/mol. The molecule has 0 aromatic heterocycles. The number of anilines is 1. The zero-order valence-corrected chi connectivity index (χ0v) is 15.2. The molecule has 0 radical (unpaired) electrons. The van der Waals surface area contributed by atoms with Gasteiger partial charge in [-0.3, -0.25) is 9.59 Å². The number of para-hydroxylation sites is 1. The molecule has 1 N–H and O–H groups in total. The van der Waals surface area contributed by atoms with Gasteiger partial charge in [0.15, 0.2) is 5.82 Å². The fourth-order valence-corrected chi connectivity index (χ4v) is 2.87. The summed E-state index contributed by atoms with van der Waals surface area (Å²) in [5, 5.41) is 6.13. The van der Waals surface area contributed by atoms with Crippen molar-refractivity contribution in [1.82, 2.24) is 14.8 Å². The molecule has 2 aromatic rings. The summed E-state index contributed by atoms with van der Waals surface area (Å²) in [6, 6.07) is 20.1. The van der Waals surface area contributed by atoms with Crippen molar-refractivity contribution < 1.29 is 18.0 Å². The van der Waals surface area contributed by atoms with Gasteiger partial charge in [-0.1, -0.05) is 48.5 Å². The molecule has 0 saturated heterocycles. The number of nitrogens with zero attached hydrogens (tertiary/aromatic N) is 3. The summed E-state index contributed by atoms with van der Waals surface area (Å²) in [5.74, 6) is -1.93. The van der Waals surface area contributed by atoms with E-state index in [9.17, 15) is 22.8 Å². The minimum absolute atomic E-state index is 0.199. The molecule has 0 bridgehead atoms. The summed E-state index contributed by atoms with van der Waals surface area (Å²) in [5.41, 5.74) is 0.494. The monoisotopic (exact) mass is 410 g/mol. The van der Waals surface area contributed by atoms with Gasteiger partial charge in [0.05, 0.1) is 22.8 Å². The summed E-state index contributed by atoms with van der Waals surface area (Å²) in [7, 11) is 0. The van der Waals surface area contributed by atoms with Crippen LogP contribution in [0.25, 0.3) is 28.5 Å². The number of fused-ring (bicyclic) bond motifs is 1. The average Bonchev–Trinajstić information content (AvgIpc) is 2.74. The number of carbonyl (C=O) groups is 1. The van der Waals surface area contributed by atoms with Crippen molar-refractivity contribution in [1.29, 1.82) is 0 Å². The Hall–Kier alpha value is -4.01. The highest BCUT2D eigenvalue weighted by Crippen LogP contribution is 2.27. The largest absolute Gasteiger partial charge is 0.471 e. The Balaban J connectivity index is 1.93.